The van der Waals surface area contributed by atoms with Gasteiger partial charge in [0, 0.05) is 13.1 Å². The molecule has 0 radical (unpaired) electrons. The van der Waals surface area contributed by atoms with Crippen molar-refractivity contribution in [2.24, 2.45) is 0 Å². The van der Waals surface area contributed by atoms with Crippen molar-refractivity contribution < 1.29 is 9.90 Å². The van der Waals surface area contributed by atoms with Crippen LogP contribution in [-0.4, -0.2) is 29.7 Å². The van der Waals surface area contributed by atoms with Crippen LogP contribution in [-0.2, 0) is 6.54 Å². The third-order valence-electron chi connectivity index (χ3n) is 3.29. The fourth-order valence-electron chi connectivity index (χ4n) is 2.34. The minimum atomic E-state index is -1.00. The summed E-state index contributed by atoms with van der Waals surface area (Å²) in [5.41, 5.74) is 2.18. The smallest absolute Gasteiger partial charge is 0.405 e. The third kappa shape index (κ3) is 4.93. The number of hydrogen-bond donors (Lipinski definition) is 2. The predicted octanol–water partition coefficient (Wildman–Crippen LogP) is 3.13. The van der Waals surface area contributed by atoms with E-state index in [2.05, 4.69) is 22.3 Å². The Morgan fingerprint density at radius 2 is 1.67 bits per heavy atom. The van der Waals surface area contributed by atoms with Crippen molar-refractivity contribution in [3.63, 3.8) is 0 Å². The van der Waals surface area contributed by atoms with Gasteiger partial charge in [0.2, 0.25) is 0 Å². The Hall–Kier alpha value is -2.33. The fraction of sp³-hybridized carbons (Fsp3) is 0.235. The van der Waals surface area contributed by atoms with Crippen LogP contribution >= 0.6 is 0 Å². The van der Waals surface area contributed by atoms with Gasteiger partial charge in [-0.15, -0.1) is 0 Å². The van der Waals surface area contributed by atoms with Gasteiger partial charge in [-0.25, -0.2) is 4.79 Å². The van der Waals surface area contributed by atoms with E-state index in [4.69, 9.17) is 5.11 Å². The van der Waals surface area contributed by atoms with Gasteiger partial charge in [-0.2, -0.15) is 0 Å². The topological polar surface area (TPSA) is 52.6 Å². The number of amides is 1. The molecule has 1 amide bonds. The summed E-state index contributed by atoms with van der Waals surface area (Å²) in [6, 6.07) is 19.5. The second kappa shape index (κ2) is 7.45. The van der Waals surface area contributed by atoms with E-state index in [0.717, 1.165) is 12.1 Å². The number of nitrogens with one attached hydrogen (secondary N) is 1. The van der Waals surface area contributed by atoms with Crippen molar-refractivity contribution in [2.45, 2.75) is 12.6 Å². The lowest BCUT2D eigenvalue weighted by Crippen LogP contribution is -2.35. The molecule has 110 valence electrons. The van der Waals surface area contributed by atoms with Gasteiger partial charge in [0.1, 0.15) is 0 Å². The highest BCUT2D eigenvalue weighted by Gasteiger charge is 2.16. The van der Waals surface area contributed by atoms with Gasteiger partial charge in [0.05, 0.1) is 6.04 Å². The lowest BCUT2D eigenvalue weighted by Gasteiger charge is -2.24. The van der Waals surface area contributed by atoms with E-state index in [1.165, 1.54) is 5.56 Å². The fourth-order valence-corrected chi connectivity index (χ4v) is 2.34. The average Bonchev–Trinajstić information content (AvgIpc) is 2.48. The molecule has 21 heavy (non-hydrogen) atoms. The summed E-state index contributed by atoms with van der Waals surface area (Å²) in [6.45, 7) is 1.40. The molecular formula is C17H20N2O2. The molecule has 2 rings (SSSR count). The van der Waals surface area contributed by atoms with Crippen molar-refractivity contribution in [1.82, 2.24) is 10.2 Å². The second-order valence-corrected chi connectivity index (χ2v) is 5.10. The Morgan fingerprint density at radius 3 is 2.24 bits per heavy atom. The molecule has 0 aliphatic heterocycles. The largest absolute Gasteiger partial charge is 0.465 e. The maximum Gasteiger partial charge on any atom is 0.405 e. The van der Waals surface area contributed by atoms with Crippen LogP contribution in [0, 0.1) is 0 Å². The van der Waals surface area contributed by atoms with E-state index < -0.39 is 6.09 Å². The summed E-state index contributed by atoms with van der Waals surface area (Å²) >= 11 is 0. The van der Waals surface area contributed by atoms with Crippen LogP contribution in [0.5, 0.6) is 0 Å². The van der Waals surface area contributed by atoms with Gasteiger partial charge in [0.25, 0.3) is 0 Å². The van der Waals surface area contributed by atoms with Gasteiger partial charge in [0.15, 0.2) is 0 Å². The van der Waals surface area contributed by atoms with E-state index in [1.54, 1.807) is 0 Å². The van der Waals surface area contributed by atoms with E-state index in [1.807, 2.05) is 55.6 Å². The van der Waals surface area contributed by atoms with Crippen LogP contribution in [0.2, 0.25) is 0 Å². The van der Waals surface area contributed by atoms with Crippen LogP contribution in [0.25, 0.3) is 0 Å². The highest BCUT2D eigenvalue weighted by molar-refractivity contribution is 5.65. The standard InChI is InChI=1S/C17H20N2O2/c1-19(12-14-8-4-2-5-9-14)13-16(18-17(20)21)15-10-6-3-7-11-15/h2-11,16,18H,12-13H2,1H3,(H,20,21). The quantitative estimate of drug-likeness (QED) is 0.857. The summed E-state index contributed by atoms with van der Waals surface area (Å²) in [6.07, 6.45) is -1.00. The molecule has 2 aromatic rings. The van der Waals surface area contributed by atoms with Crippen LogP contribution in [0.15, 0.2) is 60.7 Å². The predicted molar refractivity (Wildman–Crippen MR) is 83.1 cm³/mol. The van der Waals surface area contributed by atoms with Gasteiger partial charge < -0.3 is 10.4 Å². The minimum Gasteiger partial charge on any atom is -0.465 e. The maximum absolute atomic E-state index is 11.0. The normalized spacial score (nSPS) is 12.1. The number of benzene rings is 2. The first-order chi connectivity index (χ1) is 10.1. The SMILES string of the molecule is CN(Cc1ccccc1)CC(NC(=O)O)c1ccccc1. The Kier molecular flexibility index (Phi) is 5.35. The summed E-state index contributed by atoms with van der Waals surface area (Å²) in [5, 5.41) is 11.6. The highest BCUT2D eigenvalue weighted by atomic mass is 16.4. The zero-order valence-corrected chi connectivity index (χ0v) is 12.1. The Morgan fingerprint density at radius 1 is 1.10 bits per heavy atom. The molecule has 0 spiro atoms. The average molecular weight is 284 g/mol. The molecule has 0 aromatic heterocycles. The minimum absolute atomic E-state index is 0.239. The number of nitrogens with zero attached hydrogens (tertiary/aromatic N) is 1. The molecule has 0 fully saturated rings. The van der Waals surface area contributed by atoms with Crippen molar-refractivity contribution >= 4 is 6.09 Å². The van der Waals surface area contributed by atoms with Crippen molar-refractivity contribution in [3.8, 4) is 0 Å². The summed E-state index contributed by atoms with van der Waals surface area (Å²) in [5.74, 6) is 0. The molecule has 0 bridgehead atoms. The summed E-state index contributed by atoms with van der Waals surface area (Å²) < 4.78 is 0. The number of hydrogen-bond acceptors (Lipinski definition) is 2. The molecule has 4 heteroatoms. The van der Waals surface area contributed by atoms with Crippen molar-refractivity contribution in [2.75, 3.05) is 13.6 Å². The molecule has 2 N–H and O–H groups in total. The summed E-state index contributed by atoms with van der Waals surface area (Å²) in [4.78, 5) is 13.1. The van der Waals surface area contributed by atoms with Gasteiger partial charge >= 0.3 is 6.09 Å². The number of carboxylic acid groups (broad SMARTS) is 1. The molecule has 0 saturated carbocycles. The van der Waals surface area contributed by atoms with E-state index >= 15 is 0 Å². The van der Waals surface area contributed by atoms with Crippen LogP contribution in [0.3, 0.4) is 0 Å². The number of rotatable bonds is 6. The molecule has 0 aliphatic rings. The molecule has 0 heterocycles. The monoisotopic (exact) mass is 284 g/mol. The van der Waals surface area contributed by atoms with E-state index in [9.17, 15) is 4.79 Å². The zero-order chi connectivity index (χ0) is 15.1. The lowest BCUT2D eigenvalue weighted by molar-refractivity contribution is 0.184. The molecule has 2 aromatic carbocycles. The molecule has 1 atom stereocenters. The van der Waals surface area contributed by atoms with Crippen LogP contribution in [0.4, 0.5) is 4.79 Å². The Balaban J connectivity index is 2.03. The third-order valence-corrected chi connectivity index (χ3v) is 3.29. The lowest BCUT2D eigenvalue weighted by atomic mass is 10.1. The van der Waals surface area contributed by atoms with Crippen LogP contribution < -0.4 is 5.32 Å². The van der Waals surface area contributed by atoms with Gasteiger partial charge in [-0.3, -0.25) is 4.90 Å². The van der Waals surface area contributed by atoms with Gasteiger partial charge in [-0.05, 0) is 18.2 Å². The molecule has 0 saturated heterocycles. The molecule has 4 nitrogen and oxygen atoms in total. The molecule has 1 unspecified atom stereocenters. The van der Waals surface area contributed by atoms with Gasteiger partial charge in [-0.1, -0.05) is 60.7 Å². The second-order valence-electron chi connectivity index (χ2n) is 5.10. The highest BCUT2D eigenvalue weighted by Crippen LogP contribution is 2.15. The molecular weight excluding hydrogens is 264 g/mol. The van der Waals surface area contributed by atoms with Crippen molar-refractivity contribution in [3.05, 3.63) is 71.8 Å². The first-order valence-corrected chi connectivity index (χ1v) is 6.92. The number of carbonyl (C=O) groups is 1. The van der Waals surface area contributed by atoms with Crippen molar-refractivity contribution in [1.29, 1.82) is 0 Å². The summed E-state index contributed by atoms with van der Waals surface area (Å²) in [7, 11) is 1.99. The van der Waals surface area contributed by atoms with Crippen LogP contribution in [0.1, 0.15) is 17.2 Å². The Bertz CT molecular complexity index is 558. The first-order valence-electron chi connectivity index (χ1n) is 6.92. The maximum atomic E-state index is 11.0. The van der Waals surface area contributed by atoms with E-state index in [-0.39, 0.29) is 6.04 Å². The zero-order valence-electron chi connectivity index (χ0n) is 12.1. The van der Waals surface area contributed by atoms with E-state index in [0.29, 0.717) is 6.54 Å². The molecule has 0 aliphatic carbocycles. The first kappa shape index (κ1) is 15.1. The Labute approximate surface area is 125 Å². The number of likely N-dealkylation sites (N-methyl/N-ethyl adjacent to an activating group) is 1.